The number of benzene rings is 1. The van der Waals surface area contributed by atoms with Crippen LogP contribution < -0.4 is 5.32 Å². The fraction of sp³-hybridized carbons (Fsp3) is 0.533. The highest BCUT2D eigenvalue weighted by atomic mass is 16.5. The van der Waals surface area contributed by atoms with E-state index in [9.17, 15) is 4.79 Å². The molecule has 0 aliphatic rings. The molecule has 0 fully saturated rings. The van der Waals surface area contributed by atoms with Crippen molar-refractivity contribution >= 4 is 11.7 Å². The standard InChI is InChI=1S/C15H23NO3/c1-11(2)19-9-5-4-8-16-13-6-7-14(15(17)18)12(3)10-13/h6-7,10-11,16H,4-5,8-9H2,1-3H3,(H,17,18). The lowest BCUT2D eigenvalue weighted by atomic mass is 10.1. The summed E-state index contributed by atoms with van der Waals surface area (Å²) in [5.74, 6) is -0.880. The lowest BCUT2D eigenvalue weighted by Crippen LogP contribution is -2.07. The number of hydrogen-bond acceptors (Lipinski definition) is 3. The molecule has 0 amide bonds. The number of carbonyl (C=O) groups is 1. The largest absolute Gasteiger partial charge is 0.478 e. The molecule has 0 unspecified atom stereocenters. The van der Waals surface area contributed by atoms with Crippen molar-refractivity contribution in [2.45, 2.75) is 39.7 Å². The molecular weight excluding hydrogens is 242 g/mol. The van der Waals surface area contributed by atoms with Crippen LogP contribution in [0.3, 0.4) is 0 Å². The van der Waals surface area contributed by atoms with Gasteiger partial charge in [0.25, 0.3) is 0 Å². The van der Waals surface area contributed by atoms with Gasteiger partial charge in [-0.05, 0) is 57.4 Å². The van der Waals surface area contributed by atoms with E-state index in [1.54, 1.807) is 12.1 Å². The second-order valence-electron chi connectivity index (χ2n) is 4.89. The predicted molar refractivity (Wildman–Crippen MR) is 77.0 cm³/mol. The van der Waals surface area contributed by atoms with Crippen LogP contribution in [0.15, 0.2) is 18.2 Å². The molecular formula is C15H23NO3. The van der Waals surface area contributed by atoms with Crippen molar-refractivity contribution in [2.24, 2.45) is 0 Å². The Bertz CT molecular complexity index is 416. The van der Waals surface area contributed by atoms with Crippen LogP contribution in [0.1, 0.15) is 42.6 Å². The zero-order chi connectivity index (χ0) is 14.3. The van der Waals surface area contributed by atoms with Gasteiger partial charge in [0.15, 0.2) is 0 Å². The van der Waals surface area contributed by atoms with Gasteiger partial charge in [0, 0.05) is 18.8 Å². The average molecular weight is 265 g/mol. The quantitative estimate of drug-likeness (QED) is 0.708. The van der Waals surface area contributed by atoms with Crippen molar-refractivity contribution in [2.75, 3.05) is 18.5 Å². The molecule has 0 saturated heterocycles. The molecule has 19 heavy (non-hydrogen) atoms. The molecule has 106 valence electrons. The summed E-state index contributed by atoms with van der Waals surface area (Å²) in [5.41, 5.74) is 2.10. The average Bonchev–Trinajstić information content (AvgIpc) is 2.32. The molecule has 1 rings (SSSR count). The monoisotopic (exact) mass is 265 g/mol. The summed E-state index contributed by atoms with van der Waals surface area (Å²) in [6, 6.07) is 5.32. The summed E-state index contributed by atoms with van der Waals surface area (Å²) in [5, 5.41) is 12.2. The fourth-order valence-electron chi connectivity index (χ4n) is 1.79. The Kier molecular flexibility index (Phi) is 6.36. The predicted octanol–water partition coefficient (Wildman–Crippen LogP) is 3.31. The van der Waals surface area contributed by atoms with E-state index < -0.39 is 5.97 Å². The molecule has 0 saturated carbocycles. The van der Waals surface area contributed by atoms with Gasteiger partial charge in [-0.15, -0.1) is 0 Å². The molecule has 0 radical (unpaired) electrons. The SMILES string of the molecule is Cc1cc(NCCCCOC(C)C)ccc1C(=O)O. The normalized spacial score (nSPS) is 10.7. The molecule has 0 atom stereocenters. The minimum Gasteiger partial charge on any atom is -0.478 e. The van der Waals surface area contributed by atoms with Crippen LogP contribution in [0.4, 0.5) is 5.69 Å². The molecule has 0 aliphatic heterocycles. The van der Waals surface area contributed by atoms with Gasteiger partial charge >= 0.3 is 5.97 Å². The van der Waals surface area contributed by atoms with Gasteiger partial charge in [0.1, 0.15) is 0 Å². The van der Waals surface area contributed by atoms with E-state index in [2.05, 4.69) is 5.32 Å². The summed E-state index contributed by atoms with van der Waals surface area (Å²) in [6.45, 7) is 7.53. The zero-order valence-corrected chi connectivity index (χ0v) is 11.9. The summed E-state index contributed by atoms with van der Waals surface area (Å²) in [7, 11) is 0. The van der Waals surface area contributed by atoms with Gasteiger partial charge < -0.3 is 15.2 Å². The van der Waals surface area contributed by atoms with Gasteiger partial charge in [0.05, 0.1) is 11.7 Å². The number of ether oxygens (including phenoxy) is 1. The Morgan fingerprint density at radius 2 is 2.11 bits per heavy atom. The van der Waals surface area contributed by atoms with Crippen LogP contribution >= 0.6 is 0 Å². The maximum Gasteiger partial charge on any atom is 0.335 e. The van der Waals surface area contributed by atoms with Crippen LogP contribution in [0, 0.1) is 6.92 Å². The van der Waals surface area contributed by atoms with E-state index in [4.69, 9.17) is 9.84 Å². The highest BCUT2D eigenvalue weighted by Gasteiger charge is 2.06. The summed E-state index contributed by atoms with van der Waals surface area (Å²) < 4.78 is 5.46. The lowest BCUT2D eigenvalue weighted by molar-refractivity contribution is 0.0696. The number of anilines is 1. The highest BCUT2D eigenvalue weighted by molar-refractivity contribution is 5.89. The Balaban J connectivity index is 2.30. The minimum atomic E-state index is -0.880. The van der Waals surface area contributed by atoms with Crippen LogP contribution in [0.25, 0.3) is 0 Å². The van der Waals surface area contributed by atoms with Crippen LogP contribution in [-0.2, 0) is 4.74 Å². The molecule has 0 heterocycles. The van der Waals surface area contributed by atoms with Crippen LogP contribution in [-0.4, -0.2) is 30.3 Å². The number of rotatable bonds is 8. The first-order valence-electron chi connectivity index (χ1n) is 6.70. The molecule has 0 spiro atoms. The van der Waals surface area contributed by atoms with Crippen molar-refractivity contribution in [1.82, 2.24) is 0 Å². The first kappa shape index (κ1) is 15.5. The zero-order valence-electron chi connectivity index (χ0n) is 11.9. The number of aromatic carboxylic acids is 1. The van der Waals surface area contributed by atoms with E-state index in [1.807, 2.05) is 26.8 Å². The first-order chi connectivity index (χ1) is 9.00. The van der Waals surface area contributed by atoms with Crippen molar-refractivity contribution in [1.29, 1.82) is 0 Å². The Labute approximate surface area is 114 Å². The number of carboxylic acids is 1. The lowest BCUT2D eigenvalue weighted by Gasteiger charge is -2.10. The van der Waals surface area contributed by atoms with Crippen molar-refractivity contribution in [3.8, 4) is 0 Å². The third-order valence-electron chi connectivity index (χ3n) is 2.81. The Hall–Kier alpha value is -1.55. The second kappa shape index (κ2) is 7.79. The highest BCUT2D eigenvalue weighted by Crippen LogP contribution is 2.15. The molecule has 4 nitrogen and oxygen atoms in total. The number of unbranched alkanes of at least 4 members (excludes halogenated alkanes) is 1. The Morgan fingerprint density at radius 1 is 1.37 bits per heavy atom. The molecule has 0 aromatic heterocycles. The fourth-order valence-corrected chi connectivity index (χ4v) is 1.79. The van der Waals surface area contributed by atoms with Gasteiger partial charge in [-0.25, -0.2) is 4.79 Å². The third-order valence-corrected chi connectivity index (χ3v) is 2.81. The molecule has 4 heteroatoms. The van der Waals surface area contributed by atoms with Gasteiger partial charge in [0.2, 0.25) is 0 Å². The molecule has 2 N–H and O–H groups in total. The van der Waals surface area contributed by atoms with E-state index in [1.165, 1.54) is 0 Å². The van der Waals surface area contributed by atoms with Crippen LogP contribution in [0.5, 0.6) is 0 Å². The van der Waals surface area contributed by atoms with Gasteiger partial charge in [-0.3, -0.25) is 0 Å². The van der Waals surface area contributed by atoms with Gasteiger partial charge in [-0.2, -0.15) is 0 Å². The summed E-state index contributed by atoms with van der Waals surface area (Å²) in [6.07, 6.45) is 2.35. The molecule has 1 aromatic rings. The van der Waals surface area contributed by atoms with E-state index in [0.29, 0.717) is 11.7 Å². The van der Waals surface area contributed by atoms with Gasteiger partial charge in [-0.1, -0.05) is 0 Å². The van der Waals surface area contributed by atoms with E-state index >= 15 is 0 Å². The number of carboxylic acid groups (broad SMARTS) is 1. The van der Waals surface area contributed by atoms with E-state index in [-0.39, 0.29) is 0 Å². The third kappa shape index (κ3) is 5.75. The number of aryl methyl sites for hydroxylation is 1. The number of nitrogens with one attached hydrogen (secondary N) is 1. The minimum absolute atomic E-state index is 0.291. The molecule has 1 aromatic carbocycles. The van der Waals surface area contributed by atoms with Crippen LogP contribution in [0.2, 0.25) is 0 Å². The summed E-state index contributed by atoms with van der Waals surface area (Å²) >= 11 is 0. The van der Waals surface area contributed by atoms with Crippen molar-refractivity contribution in [3.63, 3.8) is 0 Å². The molecule has 0 aliphatic carbocycles. The smallest absolute Gasteiger partial charge is 0.335 e. The van der Waals surface area contributed by atoms with E-state index in [0.717, 1.165) is 37.2 Å². The topological polar surface area (TPSA) is 58.6 Å². The van der Waals surface area contributed by atoms with Crippen molar-refractivity contribution in [3.05, 3.63) is 29.3 Å². The number of hydrogen-bond donors (Lipinski definition) is 2. The summed E-state index contributed by atoms with van der Waals surface area (Å²) in [4.78, 5) is 10.9. The maximum absolute atomic E-state index is 10.9. The maximum atomic E-state index is 10.9. The Morgan fingerprint density at radius 3 is 2.68 bits per heavy atom. The van der Waals surface area contributed by atoms with Crippen molar-refractivity contribution < 1.29 is 14.6 Å². The second-order valence-corrected chi connectivity index (χ2v) is 4.89. The first-order valence-corrected chi connectivity index (χ1v) is 6.70. The molecule has 0 bridgehead atoms.